The molecular weight excluding hydrogens is 425 g/mol. The van der Waals surface area contributed by atoms with Crippen LogP contribution in [0.4, 0.5) is 19.0 Å². The van der Waals surface area contributed by atoms with Crippen molar-refractivity contribution in [2.24, 2.45) is 0 Å². The molecule has 2 heterocycles. The van der Waals surface area contributed by atoms with Gasteiger partial charge in [0.05, 0.1) is 28.9 Å². The van der Waals surface area contributed by atoms with Crippen LogP contribution < -0.4 is 10.9 Å². The Hall–Kier alpha value is -4.02. The number of para-hydroxylation sites is 1. The molecule has 0 saturated carbocycles. The molecule has 0 aliphatic carbocycles. The number of nitrogens with one attached hydrogen (secondary N) is 1. The highest BCUT2D eigenvalue weighted by Gasteiger charge is 2.34. The fraction of sp³-hybridized carbons (Fsp3) is 0.190. The van der Waals surface area contributed by atoms with Gasteiger partial charge in [-0.2, -0.15) is 18.3 Å². The van der Waals surface area contributed by atoms with Crippen molar-refractivity contribution in [3.63, 3.8) is 0 Å². The number of nitrogens with zero attached hydrogens (tertiary/aromatic N) is 5. The number of anilines is 1. The van der Waals surface area contributed by atoms with E-state index in [0.29, 0.717) is 16.6 Å². The summed E-state index contributed by atoms with van der Waals surface area (Å²) in [5.74, 6) is -0.432. The van der Waals surface area contributed by atoms with Crippen molar-refractivity contribution in [3.05, 3.63) is 76.2 Å². The average Bonchev–Trinajstić information content (AvgIpc) is 3.12. The predicted octanol–water partition coefficient (Wildman–Crippen LogP) is 3.33. The lowest BCUT2D eigenvalue weighted by molar-refractivity contribution is -0.137. The van der Waals surface area contributed by atoms with Gasteiger partial charge in [-0.15, -0.1) is 5.10 Å². The Morgan fingerprint density at radius 1 is 1.09 bits per heavy atom. The Labute approximate surface area is 179 Å². The van der Waals surface area contributed by atoms with Crippen molar-refractivity contribution in [2.45, 2.75) is 26.1 Å². The fourth-order valence-corrected chi connectivity index (χ4v) is 3.25. The van der Waals surface area contributed by atoms with Crippen LogP contribution in [0.15, 0.2) is 59.4 Å². The maximum atomic E-state index is 13.4. The molecule has 0 bridgehead atoms. The van der Waals surface area contributed by atoms with E-state index in [2.05, 4.69) is 20.7 Å². The van der Waals surface area contributed by atoms with Gasteiger partial charge < -0.3 is 5.32 Å². The minimum absolute atomic E-state index is 0.0469. The summed E-state index contributed by atoms with van der Waals surface area (Å²) >= 11 is 0. The molecule has 4 aromatic rings. The van der Waals surface area contributed by atoms with Gasteiger partial charge in [0.1, 0.15) is 11.3 Å². The van der Waals surface area contributed by atoms with E-state index in [1.165, 1.54) is 24.3 Å². The lowest BCUT2D eigenvalue weighted by atomic mass is 10.1. The van der Waals surface area contributed by atoms with Crippen LogP contribution in [0, 0.1) is 6.92 Å². The minimum Gasteiger partial charge on any atom is -0.311 e. The molecule has 0 radical (unpaired) electrons. The zero-order chi connectivity index (χ0) is 22.9. The first-order valence-electron chi connectivity index (χ1n) is 9.60. The topological polar surface area (TPSA) is 94.7 Å². The Morgan fingerprint density at radius 3 is 2.59 bits per heavy atom. The van der Waals surface area contributed by atoms with Crippen LogP contribution in [0.5, 0.6) is 0 Å². The number of hydrogen-bond donors (Lipinski definition) is 1. The van der Waals surface area contributed by atoms with E-state index in [-0.39, 0.29) is 30.0 Å². The second kappa shape index (κ2) is 8.25. The third kappa shape index (κ3) is 4.22. The molecule has 0 fully saturated rings. The van der Waals surface area contributed by atoms with Crippen LogP contribution in [-0.2, 0) is 17.5 Å². The zero-order valence-corrected chi connectivity index (χ0v) is 16.8. The van der Waals surface area contributed by atoms with Crippen molar-refractivity contribution in [1.82, 2.24) is 24.8 Å². The van der Waals surface area contributed by atoms with Crippen LogP contribution in [0.3, 0.4) is 0 Å². The van der Waals surface area contributed by atoms with Gasteiger partial charge in [0, 0.05) is 12.5 Å². The molecule has 0 aliphatic heterocycles. The van der Waals surface area contributed by atoms with Crippen molar-refractivity contribution in [3.8, 4) is 5.69 Å². The number of aromatic nitrogens is 5. The van der Waals surface area contributed by atoms with Gasteiger partial charge in [-0.05, 0) is 31.2 Å². The number of aryl methyl sites for hydroxylation is 2. The second-order valence-electron chi connectivity index (χ2n) is 7.03. The number of benzene rings is 2. The maximum Gasteiger partial charge on any atom is 0.418 e. The molecule has 0 atom stereocenters. The summed E-state index contributed by atoms with van der Waals surface area (Å²) < 4.78 is 42.4. The van der Waals surface area contributed by atoms with Crippen molar-refractivity contribution >= 4 is 22.6 Å². The number of rotatable bonds is 5. The molecule has 0 spiro atoms. The van der Waals surface area contributed by atoms with Gasteiger partial charge in [0.15, 0.2) is 0 Å². The lowest BCUT2D eigenvalue weighted by Crippen LogP contribution is -2.27. The van der Waals surface area contributed by atoms with Crippen molar-refractivity contribution < 1.29 is 18.0 Å². The van der Waals surface area contributed by atoms with E-state index >= 15 is 0 Å². The van der Waals surface area contributed by atoms with Crippen LogP contribution >= 0.6 is 0 Å². The summed E-state index contributed by atoms with van der Waals surface area (Å²) in [6.07, 6.45) is -4.73. The van der Waals surface area contributed by atoms with E-state index in [4.69, 9.17) is 0 Å². The summed E-state index contributed by atoms with van der Waals surface area (Å²) in [5, 5.41) is 14.8. The smallest absolute Gasteiger partial charge is 0.311 e. The lowest BCUT2D eigenvalue weighted by Gasteiger charge is -2.15. The monoisotopic (exact) mass is 442 g/mol. The second-order valence-corrected chi connectivity index (χ2v) is 7.03. The van der Waals surface area contributed by atoms with Gasteiger partial charge in [0.2, 0.25) is 5.91 Å². The van der Waals surface area contributed by atoms with Gasteiger partial charge in [0.25, 0.3) is 5.56 Å². The highest BCUT2D eigenvalue weighted by atomic mass is 19.4. The van der Waals surface area contributed by atoms with E-state index in [9.17, 15) is 22.8 Å². The first kappa shape index (κ1) is 21.2. The summed E-state index contributed by atoms with van der Waals surface area (Å²) in [6.45, 7) is 1.56. The van der Waals surface area contributed by atoms with Crippen LogP contribution in [0.1, 0.15) is 17.7 Å². The average molecular weight is 442 g/mol. The Kier molecular flexibility index (Phi) is 5.47. The standard InChI is InChI=1S/C21H17F3N6O2/c1-13-12-18(30(27-13)17-9-5-3-7-15(17)21(22,23)24)25-19(31)10-11-29-20(32)14-6-2-4-8-16(14)26-28-29/h2-9,12H,10-11H2,1H3,(H,25,31). The molecule has 164 valence electrons. The number of fused-ring (bicyclic) bond motifs is 1. The van der Waals surface area contributed by atoms with Crippen LogP contribution in [0.2, 0.25) is 0 Å². The molecule has 0 unspecified atom stereocenters. The van der Waals surface area contributed by atoms with E-state index < -0.39 is 17.6 Å². The number of carbonyl (C=O) groups excluding carboxylic acids is 1. The predicted molar refractivity (Wildman–Crippen MR) is 110 cm³/mol. The number of hydrogen-bond acceptors (Lipinski definition) is 5. The molecule has 2 aromatic heterocycles. The molecular formula is C21H17F3N6O2. The molecule has 0 aliphatic rings. The molecule has 11 heteroatoms. The fourth-order valence-electron chi connectivity index (χ4n) is 3.25. The van der Waals surface area contributed by atoms with Gasteiger partial charge in [-0.3, -0.25) is 9.59 Å². The Bertz CT molecular complexity index is 1360. The Morgan fingerprint density at radius 2 is 1.81 bits per heavy atom. The van der Waals surface area contributed by atoms with E-state index in [1.807, 2.05) is 0 Å². The summed E-state index contributed by atoms with van der Waals surface area (Å²) in [6, 6.07) is 13.1. The highest BCUT2D eigenvalue weighted by molar-refractivity contribution is 5.90. The largest absolute Gasteiger partial charge is 0.418 e. The molecule has 1 amide bonds. The third-order valence-corrected chi connectivity index (χ3v) is 4.72. The quantitative estimate of drug-likeness (QED) is 0.512. The molecule has 32 heavy (non-hydrogen) atoms. The molecule has 4 rings (SSSR count). The van der Waals surface area contributed by atoms with Gasteiger partial charge in [-0.25, -0.2) is 9.36 Å². The van der Waals surface area contributed by atoms with Gasteiger partial charge >= 0.3 is 6.18 Å². The van der Waals surface area contributed by atoms with Crippen molar-refractivity contribution in [1.29, 1.82) is 0 Å². The number of halogens is 3. The number of amides is 1. The van der Waals surface area contributed by atoms with Crippen molar-refractivity contribution in [2.75, 3.05) is 5.32 Å². The highest BCUT2D eigenvalue weighted by Crippen LogP contribution is 2.34. The SMILES string of the molecule is Cc1cc(NC(=O)CCn2nnc3ccccc3c2=O)n(-c2ccccc2C(F)(F)F)n1. The maximum absolute atomic E-state index is 13.4. The number of alkyl halides is 3. The van der Waals surface area contributed by atoms with Gasteiger partial charge in [-0.1, -0.05) is 29.5 Å². The van der Waals surface area contributed by atoms with E-state index in [1.54, 1.807) is 31.2 Å². The number of carbonyl (C=O) groups is 1. The van der Waals surface area contributed by atoms with Crippen LogP contribution in [-0.4, -0.2) is 30.7 Å². The molecule has 2 aromatic carbocycles. The summed E-state index contributed by atoms with van der Waals surface area (Å²) in [7, 11) is 0. The van der Waals surface area contributed by atoms with E-state index in [0.717, 1.165) is 15.4 Å². The first-order chi connectivity index (χ1) is 15.2. The Balaban J connectivity index is 1.55. The first-order valence-corrected chi connectivity index (χ1v) is 9.60. The molecule has 8 nitrogen and oxygen atoms in total. The normalized spacial score (nSPS) is 11.6. The van der Waals surface area contributed by atoms with Crippen LogP contribution in [0.25, 0.3) is 16.6 Å². The summed E-state index contributed by atoms with van der Waals surface area (Å²) in [5.41, 5.74) is -0.602. The summed E-state index contributed by atoms with van der Waals surface area (Å²) in [4.78, 5) is 25.0. The zero-order valence-electron chi connectivity index (χ0n) is 16.8. The minimum atomic E-state index is -4.59. The molecule has 0 saturated heterocycles. The third-order valence-electron chi connectivity index (χ3n) is 4.72. The molecule has 1 N–H and O–H groups in total.